The lowest BCUT2D eigenvalue weighted by Crippen LogP contribution is -2.09. The van der Waals surface area contributed by atoms with Gasteiger partial charge < -0.3 is 4.74 Å². The molecule has 2 aromatic carbocycles. The summed E-state index contributed by atoms with van der Waals surface area (Å²) in [7, 11) is -2.66. The molecule has 8 heteroatoms. The zero-order chi connectivity index (χ0) is 18.1. The maximum atomic E-state index is 12.1. The van der Waals surface area contributed by atoms with Gasteiger partial charge >= 0.3 is 5.97 Å². The zero-order valence-electron chi connectivity index (χ0n) is 13.3. The minimum atomic E-state index is -3.73. The summed E-state index contributed by atoms with van der Waals surface area (Å²) in [4.78, 5) is 22.2. The number of benzene rings is 2. The van der Waals surface area contributed by atoms with Crippen LogP contribution in [0.5, 0.6) is 0 Å². The van der Waals surface area contributed by atoms with E-state index >= 15 is 0 Å². The third-order valence-corrected chi connectivity index (χ3v) is 4.60. The highest BCUT2D eigenvalue weighted by Crippen LogP contribution is 2.34. The van der Waals surface area contributed by atoms with Crippen molar-refractivity contribution >= 4 is 21.5 Å². The lowest BCUT2D eigenvalue weighted by atomic mass is 10.0. The Morgan fingerprint density at radius 3 is 2.21 bits per heavy atom. The number of hydrogen-bond donors (Lipinski definition) is 0. The van der Waals surface area contributed by atoms with Crippen molar-refractivity contribution in [2.45, 2.75) is 11.8 Å². The second-order valence-corrected chi connectivity index (χ2v) is 7.24. The van der Waals surface area contributed by atoms with E-state index in [1.807, 2.05) is 6.92 Å². The summed E-state index contributed by atoms with van der Waals surface area (Å²) in [6.07, 6.45) is 0.979. The van der Waals surface area contributed by atoms with Crippen LogP contribution in [0.3, 0.4) is 0 Å². The maximum Gasteiger partial charge on any atom is 0.344 e. The first kappa shape index (κ1) is 17.6. The van der Waals surface area contributed by atoms with E-state index < -0.39 is 32.0 Å². The van der Waals surface area contributed by atoms with Gasteiger partial charge in [-0.25, -0.2) is 13.2 Å². The van der Waals surface area contributed by atoms with Gasteiger partial charge in [0.25, 0.3) is 5.69 Å². The average Bonchev–Trinajstić information content (AvgIpc) is 2.52. The molecule has 0 aliphatic heterocycles. The van der Waals surface area contributed by atoms with Gasteiger partial charge in [0, 0.05) is 17.9 Å². The van der Waals surface area contributed by atoms with Crippen molar-refractivity contribution in [1.82, 2.24) is 0 Å². The van der Waals surface area contributed by atoms with Crippen molar-refractivity contribution < 1.29 is 22.9 Å². The van der Waals surface area contributed by atoms with E-state index in [4.69, 9.17) is 0 Å². The highest BCUT2D eigenvalue weighted by molar-refractivity contribution is 7.90. The molecular weight excluding hydrogens is 334 g/mol. The normalized spacial score (nSPS) is 11.1. The second-order valence-electron chi connectivity index (χ2n) is 5.25. The molecule has 0 radical (unpaired) electrons. The molecule has 0 bridgehead atoms. The Morgan fingerprint density at radius 1 is 1.17 bits per heavy atom. The maximum absolute atomic E-state index is 12.1. The Kier molecular flexibility index (Phi) is 4.70. The predicted molar refractivity (Wildman–Crippen MR) is 87.7 cm³/mol. The first-order valence-corrected chi connectivity index (χ1v) is 8.72. The monoisotopic (exact) mass is 349 g/mol. The lowest BCUT2D eigenvalue weighted by molar-refractivity contribution is -0.385. The van der Waals surface area contributed by atoms with Crippen LogP contribution in [-0.2, 0) is 14.6 Å². The van der Waals surface area contributed by atoms with Crippen molar-refractivity contribution in [3.05, 3.63) is 57.6 Å². The zero-order valence-corrected chi connectivity index (χ0v) is 14.1. The molecular formula is C16H15NO6S. The largest absolute Gasteiger partial charge is 0.465 e. The number of carbonyl (C=O) groups is 1. The predicted octanol–water partition coefficient (Wildman–Crippen LogP) is 2.76. The summed E-state index contributed by atoms with van der Waals surface area (Å²) in [6, 6.07) is 8.95. The number of nitro groups is 1. The van der Waals surface area contributed by atoms with E-state index in [2.05, 4.69) is 4.74 Å². The summed E-state index contributed by atoms with van der Waals surface area (Å²) in [5.74, 6) is -0.970. The van der Waals surface area contributed by atoms with Crippen LogP contribution in [0.25, 0.3) is 11.1 Å². The molecule has 0 aromatic heterocycles. The number of ether oxygens (including phenoxy) is 1. The topological polar surface area (TPSA) is 104 Å². The Bertz CT molecular complexity index is 916. The molecule has 126 valence electrons. The fourth-order valence-corrected chi connectivity index (χ4v) is 3.17. The minimum absolute atomic E-state index is 0.164. The molecule has 24 heavy (non-hydrogen) atoms. The van der Waals surface area contributed by atoms with E-state index in [0.29, 0.717) is 5.56 Å². The quantitative estimate of drug-likeness (QED) is 0.477. The third-order valence-electron chi connectivity index (χ3n) is 3.46. The highest BCUT2D eigenvalue weighted by atomic mass is 32.2. The van der Waals surface area contributed by atoms with Gasteiger partial charge in [0.05, 0.1) is 16.9 Å². The molecule has 0 amide bonds. The van der Waals surface area contributed by atoms with Crippen LogP contribution in [0.4, 0.5) is 5.69 Å². The van der Waals surface area contributed by atoms with Crippen LogP contribution in [0, 0.1) is 17.0 Å². The molecule has 0 aliphatic carbocycles. The van der Waals surface area contributed by atoms with Gasteiger partial charge in [0.15, 0.2) is 9.84 Å². The second kappa shape index (κ2) is 6.40. The fourth-order valence-electron chi connectivity index (χ4n) is 2.26. The number of hydrogen-bond acceptors (Lipinski definition) is 6. The first-order chi connectivity index (χ1) is 11.1. The van der Waals surface area contributed by atoms with Gasteiger partial charge in [-0.15, -0.1) is 0 Å². The van der Waals surface area contributed by atoms with Gasteiger partial charge in [0.2, 0.25) is 0 Å². The van der Waals surface area contributed by atoms with Crippen LogP contribution in [-0.4, -0.2) is 32.7 Å². The van der Waals surface area contributed by atoms with Crippen molar-refractivity contribution in [1.29, 1.82) is 0 Å². The van der Waals surface area contributed by atoms with Crippen molar-refractivity contribution in [3.8, 4) is 11.1 Å². The van der Waals surface area contributed by atoms with Gasteiger partial charge in [-0.2, -0.15) is 0 Å². The van der Waals surface area contributed by atoms with Crippen LogP contribution < -0.4 is 0 Å². The SMILES string of the molecule is COC(=O)c1cc(S(C)(=O)=O)c(-c2ccc(C)cc2)cc1[N+](=O)[O-]. The Hall–Kier alpha value is -2.74. The third kappa shape index (κ3) is 3.43. The van der Waals surface area contributed by atoms with Crippen LogP contribution in [0.2, 0.25) is 0 Å². The van der Waals surface area contributed by atoms with Crippen molar-refractivity contribution in [2.75, 3.05) is 13.4 Å². The summed E-state index contributed by atoms with van der Waals surface area (Å²) in [6.45, 7) is 1.87. The fraction of sp³-hybridized carbons (Fsp3) is 0.188. The summed E-state index contributed by atoms with van der Waals surface area (Å²) in [5, 5.41) is 11.3. The molecule has 0 fully saturated rings. The average molecular weight is 349 g/mol. The summed E-state index contributed by atoms with van der Waals surface area (Å²) < 4.78 is 28.8. The number of nitro benzene ring substituents is 1. The molecule has 2 aromatic rings. The molecule has 0 aliphatic rings. The number of aryl methyl sites for hydroxylation is 1. The van der Waals surface area contributed by atoms with Gasteiger partial charge in [-0.1, -0.05) is 29.8 Å². The number of methoxy groups -OCH3 is 1. The molecule has 0 spiro atoms. The van der Waals surface area contributed by atoms with E-state index in [9.17, 15) is 23.3 Å². The number of nitrogens with zero attached hydrogens (tertiary/aromatic N) is 1. The number of rotatable bonds is 4. The standard InChI is InChI=1S/C16H15NO6S/c1-10-4-6-11(7-5-10)12-8-14(17(19)20)13(16(18)23-2)9-15(12)24(3,21)22/h4-9H,1-3H3. The molecule has 0 unspecified atom stereocenters. The van der Waals surface area contributed by atoms with E-state index in [1.165, 1.54) is 0 Å². The van der Waals surface area contributed by atoms with E-state index in [1.54, 1.807) is 24.3 Å². The number of carbonyl (C=O) groups excluding carboxylic acids is 1. The number of esters is 1. The Labute approximate surface area is 139 Å². The van der Waals surface area contributed by atoms with Crippen molar-refractivity contribution in [2.24, 2.45) is 0 Å². The Morgan fingerprint density at radius 2 is 1.75 bits per heavy atom. The molecule has 0 atom stereocenters. The molecule has 0 heterocycles. The van der Waals surface area contributed by atoms with E-state index in [-0.39, 0.29) is 10.5 Å². The van der Waals surface area contributed by atoms with Crippen LogP contribution >= 0.6 is 0 Å². The first-order valence-electron chi connectivity index (χ1n) is 6.83. The molecule has 0 saturated carbocycles. The molecule has 7 nitrogen and oxygen atoms in total. The van der Waals surface area contributed by atoms with Crippen molar-refractivity contribution in [3.63, 3.8) is 0 Å². The van der Waals surface area contributed by atoms with Gasteiger partial charge in [-0.3, -0.25) is 10.1 Å². The lowest BCUT2D eigenvalue weighted by Gasteiger charge is -2.11. The highest BCUT2D eigenvalue weighted by Gasteiger charge is 2.27. The van der Waals surface area contributed by atoms with Crippen LogP contribution in [0.15, 0.2) is 41.3 Å². The smallest absolute Gasteiger partial charge is 0.344 e. The Balaban J connectivity index is 2.87. The molecule has 0 saturated heterocycles. The minimum Gasteiger partial charge on any atom is -0.465 e. The van der Waals surface area contributed by atoms with E-state index in [0.717, 1.165) is 31.1 Å². The van der Waals surface area contributed by atoms with Gasteiger partial charge in [0.1, 0.15) is 5.56 Å². The number of sulfone groups is 1. The summed E-state index contributed by atoms with van der Waals surface area (Å²) in [5.41, 5.74) is 0.710. The molecule has 0 N–H and O–H groups in total. The summed E-state index contributed by atoms with van der Waals surface area (Å²) >= 11 is 0. The van der Waals surface area contributed by atoms with Gasteiger partial charge in [-0.05, 0) is 18.6 Å². The molecule has 2 rings (SSSR count). The van der Waals surface area contributed by atoms with Crippen LogP contribution in [0.1, 0.15) is 15.9 Å².